The summed E-state index contributed by atoms with van der Waals surface area (Å²) in [4.78, 5) is 11.4. The molecular formula is C22H32F3NO6. The number of ether oxygens (including phenoxy) is 3. The van der Waals surface area contributed by atoms with Gasteiger partial charge >= 0.3 is 12.1 Å². The van der Waals surface area contributed by atoms with Crippen molar-refractivity contribution in [2.75, 3.05) is 33.0 Å². The van der Waals surface area contributed by atoms with Crippen LogP contribution < -0.4 is 0 Å². The summed E-state index contributed by atoms with van der Waals surface area (Å²) < 4.78 is 55.2. The average Bonchev–Trinajstić information content (AvgIpc) is 3.34. The summed E-state index contributed by atoms with van der Waals surface area (Å²) in [5, 5.41) is 7.12. The van der Waals surface area contributed by atoms with Crippen molar-refractivity contribution in [2.45, 2.75) is 70.0 Å². The second-order valence-corrected chi connectivity index (χ2v) is 8.61. The van der Waals surface area contributed by atoms with Crippen molar-refractivity contribution >= 4 is 5.97 Å². The standard InChI is InChI=1S/C20H31NO4.C2HF3O2/c1-15-2-3-17(24-15)12-21-9-6-20-19(21)5-4-18(25-20)14-23-13-16-7-10-22-11-8-16;3-2(4,5)1(6)7/h2-3,16,18-20H,4-14H2,1H3;(H,6,7)/t18-,19+,20+;/m1./s1. The summed E-state index contributed by atoms with van der Waals surface area (Å²) in [6.07, 6.45) is 1.25. The van der Waals surface area contributed by atoms with Gasteiger partial charge in [-0.05, 0) is 57.1 Å². The Kier molecular flexibility index (Phi) is 8.98. The van der Waals surface area contributed by atoms with Gasteiger partial charge in [0.15, 0.2) is 0 Å². The zero-order valence-corrected chi connectivity index (χ0v) is 18.3. The highest BCUT2D eigenvalue weighted by Crippen LogP contribution is 2.33. The molecule has 1 aromatic heterocycles. The van der Waals surface area contributed by atoms with E-state index in [2.05, 4.69) is 11.0 Å². The molecule has 4 rings (SSSR count). The van der Waals surface area contributed by atoms with Gasteiger partial charge < -0.3 is 23.7 Å². The van der Waals surface area contributed by atoms with E-state index in [1.165, 1.54) is 6.42 Å². The fourth-order valence-electron chi connectivity index (χ4n) is 4.45. The van der Waals surface area contributed by atoms with Crippen molar-refractivity contribution in [3.8, 4) is 0 Å². The molecular weight excluding hydrogens is 431 g/mol. The van der Waals surface area contributed by atoms with Crippen LogP contribution in [0.3, 0.4) is 0 Å². The molecule has 182 valence electrons. The van der Waals surface area contributed by atoms with Gasteiger partial charge in [0.2, 0.25) is 0 Å². The number of aliphatic carboxylic acids is 1. The summed E-state index contributed by atoms with van der Waals surface area (Å²) in [6, 6.07) is 4.68. The average molecular weight is 463 g/mol. The largest absolute Gasteiger partial charge is 0.490 e. The molecule has 32 heavy (non-hydrogen) atoms. The van der Waals surface area contributed by atoms with E-state index in [1.807, 2.05) is 13.0 Å². The van der Waals surface area contributed by atoms with Crippen LogP contribution in [0.25, 0.3) is 0 Å². The van der Waals surface area contributed by atoms with Crippen LogP contribution in [0, 0.1) is 12.8 Å². The molecule has 1 N–H and O–H groups in total. The molecule has 0 radical (unpaired) electrons. The minimum Gasteiger partial charge on any atom is -0.475 e. The first-order valence-corrected chi connectivity index (χ1v) is 11.1. The predicted octanol–water partition coefficient (Wildman–Crippen LogP) is 3.79. The van der Waals surface area contributed by atoms with Crippen LogP contribution >= 0.6 is 0 Å². The van der Waals surface area contributed by atoms with Gasteiger partial charge in [0, 0.05) is 32.4 Å². The zero-order chi connectivity index (χ0) is 23.1. The molecule has 3 fully saturated rings. The summed E-state index contributed by atoms with van der Waals surface area (Å²) >= 11 is 0. The maximum absolute atomic E-state index is 10.6. The Balaban J connectivity index is 0.000000360. The third kappa shape index (κ3) is 7.47. The van der Waals surface area contributed by atoms with E-state index in [-0.39, 0.29) is 6.10 Å². The fourth-order valence-corrected chi connectivity index (χ4v) is 4.45. The van der Waals surface area contributed by atoms with Crippen LogP contribution in [0.15, 0.2) is 16.5 Å². The Bertz CT molecular complexity index is 719. The monoisotopic (exact) mass is 463 g/mol. The number of fused-ring (bicyclic) bond motifs is 1. The molecule has 3 aliphatic rings. The van der Waals surface area contributed by atoms with Crippen molar-refractivity contribution in [2.24, 2.45) is 5.92 Å². The quantitative estimate of drug-likeness (QED) is 0.688. The number of hydrogen-bond acceptors (Lipinski definition) is 6. The van der Waals surface area contributed by atoms with Gasteiger partial charge in [-0.2, -0.15) is 13.2 Å². The first-order valence-electron chi connectivity index (χ1n) is 11.1. The number of carboxylic acids is 1. The molecule has 0 amide bonds. The van der Waals surface area contributed by atoms with Crippen molar-refractivity contribution < 1.29 is 41.7 Å². The molecule has 0 saturated carbocycles. The molecule has 3 saturated heterocycles. The topological polar surface area (TPSA) is 81.4 Å². The minimum atomic E-state index is -5.08. The second kappa shape index (κ2) is 11.5. The Labute approximate surface area is 185 Å². The molecule has 0 unspecified atom stereocenters. The summed E-state index contributed by atoms with van der Waals surface area (Å²) in [6.45, 7) is 7.41. The number of nitrogens with zero attached hydrogens (tertiary/aromatic N) is 1. The number of furan rings is 1. The third-order valence-corrected chi connectivity index (χ3v) is 6.15. The maximum Gasteiger partial charge on any atom is 0.490 e. The first kappa shape index (κ1) is 25.0. The van der Waals surface area contributed by atoms with Gasteiger partial charge in [-0.15, -0.1) is 0 Å². The van der Waals surface area contributed by atoms with Crippen LogP contribution in [0.1, 0.15) is 43.6 Å². The number of alkyl halides is 3. The Morgan fingerprint density at radius 2 is 1.88 bits per heavy atom. The Morgan fingerprint density at radius 1 is 1.16 bits per heavy atom. The van der Waals surface area contributed by atoms with Crippen molar-refractivity contribution in [1.82, 2.24) is 4.90 Å². The van der Waals surface area contributed by atoms with Gasteiger partial charge in [-0.1, -0.05) is 0 Å². The predicted molar refractivity (Wildman–Crippen MR) is 108 cm³/mol. The highest BCUT2D eigenvalue weighted by atomic mass is 19.4. The maximum atomic E-state index is 10.6. The smallest absolute Gasteiger partial charge is 0.475 e. The fraction of sp³-hybridized carbons (Fsp3) is 0.773. The van der Waals surface area contributed by atoms with Gasteiger partial charge in [0.05, 0.1) is 25.4 Å². The molecule has 0 bridgehead atoms. The number of carboxylic acid groups (broad SMARTS) is 1. The van der Waals surface area contributed by atoms with Crippen LogP contribution in [-0.4, -0.2) is 73.4 Å². The van der Waals surface area contributed by atoms with Crippen molar-refractivity contribution in [3.63, 3.8) is 0 Å². The highest BCUT2D eigenvalue weighted by Gasteiger charge is 2.40. The Hall–Kier alpha value is -1.62. The van der Waals surface area contributed by atoms with Gasteiger partial charge in [-0.25, -0.2) is 4.79 Å². The van der Waals surface area contributed by atoms with E-state index in [9.17, 15) is 13.2 Å². The van der Waals surface area contributed by atoms with Crippen LogP contribution in [0.5, 0.6) is 0 Å². The number of carbonyl (C=O) groups is 1. The lowest BCUT2D eigenvalue weighted by Gasteiger charge is -2.36. The first-order chi connectivity index (χ1) is 15.2. The molecule has 0 aromatic carbocycles. The SMILES string of the molecule is Cc1ccc(CN2CC[C@@H]3O[C@@H](COCC4CCOCC4)CC[C@@H]32)o1.O=C(O)C(F)(F)F. The molecule has 1 aromatic rings. The lowest BCUT2D eigenvalue weighted by Crippen LogP contribution is -2.43. The van der Waals surface area contributed by atoms with Crippen LogP contribution in [0.4, 0.5) is 13.2 Å². The number of halogens is 3. The molecule has 3 atom stereocenters. The zero-order valence-electron chi connectivity index (χ0n) is 18.3. The lowest BCUT2D eigenvalue weighted by molar-refractivity contribution is -0.192. The number of aryl methyl sites for hydroxylation is 1. The van der Waals surface area contributed by atoms with E-state index < -0.39 is 12.1 Å². The van der Waals surface area contributed by atoms with E-state index in [1.54, 1.807) is 0 Å². The Morgan fingerprint density at radius 3 is 2.50 bits per heavy atom. The number of rotatable bonds is 6. The van der Waals surface area contributed by atoms with Crippen LogP contribution in [-0.2, 0) is 25.5 Å². The van der Waals surface area contributed by atoms with Crippen LogP contribution in [0.2, 0.25) is 0 Å². The number of likely N-dealkylation sites (tertiary alicyclic amines) is 1. The van der Waals surface area contributed by atoms with E-state index >= 15 is 0 Å². The molecule has 0 spiro atoms. The van der Waals surface area contributed by atoms with Gasteiger partial charge in [-0.3, -0.25) is 4.90 Å². The van der Waals surface area contributed by atoms with E-state index in [0.29, 0.717) is 18.1 Å². The third-order valence-electron chi connectivity index (χ3n) is 6.15. The molecule has 7 nitrogen and oxygen atoms in total. The summed E-state index contributed by atoms with van der Waals surface area (Å²) in [5.41, 5.74) is 0. The normalized spacial score (nSPS) is 26.9. The van der Waals surface area contributed by atoms with Gasteiger partial charge in [0.25, 0.3) is 0 Å². The highest BCUT2D eigenvalue weighted by molar-refractivity contribution is 5.73. The second-order valence-electron chi connectivity index (χ2n) is 8.61. The molecule has 3 aliphatic heterocycles. The molecule has 4 heterocycles. The van der Waals surface area contributed by atoms with E-state index in [4.69, 9.17) is 28.5 Å². The van der Waals surface area contributed by atoms with Gasteiger partial charge in [0.1, 0.15) is 11.5 Å². The lowest BCUT2D eigenvalue weighted by atomic mass is 9.99. The molecule has 10 heteroatoms. The van der Waals surface area contributed by atoms with Crippen molar-refractivity contribution in [3.05, 3.63) is 23.7 Å². The summed E-state index contributed by atoms with van der Waals surface area (Å²) in [5.74, 6) is -0.0243. The molecule has 0 aliphatic carbocycles. The van der Waals surface area contributed by atoms with Crippen molar-refractivity contribution in [1.29, 1.82) is 0 Å². The number of hydrogen-bond donors (Lipinski definition) is 1. The summed E-state index contributed by atoms with van der Waals surface area (Å²) in [7, 11) is 0. The van der Waals surface area contributed by atoms with E-state index in [0.717, 1.165) is 76.7 Å². The minimum absolute atomic E-state index is 0.270.